The molecule has 0 fully saturated rings. The first-order valence-corrected chi connectivity index (χ1v) is 8.50. The molecule has 0 aliphatic heterocycles. The third kappa shape index (κ3) is 4.35. The molecule has 1 N–H and O–H groups in total. The van der Waals surface area contributed by atoms with Crippen LogP contribution in [0, 0.1) is 6.92 Å². The highest BCUT2D eigenvalue weighted by Crippen LogP contribution is 2.21. The fourth-order valence-corrected chi connectivity index (χ4v) is 2.94. The van der Waals surface area contributed by atoms with Crippen molar-refractivity contribution in [2.75, 3.05) is 0 Å². The van der Waals surface area contributed by atoms with Crippen molar-refractivity contribution in [2.24, 2.45) is 7.05 Å². The Kier molecular flexibility index (Phi) is 5.29. The van der Waals surface area contributed by atoms with Crippen LogP contribution in [0.25, 0.3) is 0 Å². The minimum absolute atomic E-state index is 0.0263. The Hall–Kier alpha value is -2.88. The van der Waals surface area contributed by atoms with Gasteiger partial charge in [-0.05, 0) is 24.5 Å². The maximum absolute atomic E-state index is 12.5. The van der Waals surface area contributed by atoms with Gasteiger partial charge < -0.3 is 9.88 Å². The van der Waals surface area contributed by atoms with E-state index in [1.54, 1.807) is 6.20 Å². The number of carbonyl (C=O) groups excluding carboxylic acids is 1. The van der Waals surface area contributed by atoms with E-state index in [1.165, 1.54) is 5.56 Å². The summed E-state index contributed by atoms with van der Waals surface area (Å²) in [5.41, 5.74) is 3.37. The number of rotatable bonds is 6. The molecule has 4 heteroatoms. The quantitative estimate of drug-likeness (QED) is 0.750. The molecule has 0 saturated carbocycles. The van der Waals surface area contributed by atoms with Gasteiger partial charge in [-0.1, -0.05) is 60.2 Å². The lowest BCUT2D eigenvalue weighted by molar-refractivity contribution is -0.121. The smallest absolute Gasteiger partial charge is 0.221 e. The van der Waals surface area contributed by atoms with Crippen molar-refractivity contribution in [1.29, 1.82) is 0 Å². The highest BCUT2D eigenvalue weighted by molar-refractivity contribution is 5.77. The summed E-state index contributed by atoms with van der Waals surface area (Å²) in [6, 6.07) is 18.0. The predicted molar refractivity (Wildman–Crippen MR) is 99.1 cm³/mol. The van der Waals surface area contributed by atoms with E-state index in [4.69, 9.17) is 0 Å². The number of nitrogens with zero attached hydrogens (tertiary/aromatic N) is 2. The van der Waals surface area contributed by atoms with Crippen LogP contribution in [-0.4, -0.2) is 15.5 Å². The molecule has 1 unspecified atom stereocenters. The molecule has 128 valence electrons. The van der Waals surface area contributed by atoms with Crippen LogP contribution in [0.2, 0.25) is 0 Å². The van der Waals surface area contributed by atoms with Gasteiger partial charge in [0.25, 0.3) is 0 Å². The van der Waals surface area contributed by atoms with Crippen molar-refractivity contribution in [3.63, 3.8) is 0 Å². The lowest BCUT2D eigenvalue weighted by atomic mass is 10.0. The molecule has 1 heterocycles. The largest absolute Gasteiger partial charge is 0.342 e. The molecule has 3 aromatic rings. The van der Waals surface area contributed by atoms with Crippen molar-refractivity contribution >= 4 is 5.91 Å². The summed E-state index contributed by atoms with van der Waals surface area (Å²) in [6.07, 6.45) is 4.84. The van der Waals surface area contributed by atoms with E-state index < -0.39 is 0 Å². The predicted octanol–water partition coefficient (Wildman–Crippen LogP) is 3.57. The zero-order chi connectivity index (χ0) is 17.6. The normalized spacial score (nSPS) is 11.9. The van der Waals surface area contributed by atoms with Crippen LogP contribution in [0.3, 0.4) is 0 Å². The van der Waals surface area contributed by atoms with Gasteiger partial charge in [0, 0.05) is 25.9 Å². The maximum atomic E-state index is 12.5. The molecule has 1 atom stereocenters. The zero-order valence-corrected chi connectivity index (χ0v) is 14.6. The highest BCUT2D eigenvalue weighted by Gasteiger charge is 2.20. The van der Waals surface area contributed by atoms with Crippen LogP contribution in [0.4, 0.5) is 0 Å². The molecule has 0 saturated heterocycles. The Bertz CT molecular complexity index is 839. The molecule has 25 heavy (non-hydrogen) atoms. The molecule has 0 spiro atoms. The number of amides is 1. The van der Waals surface area contributed by atoms with Gasteiger partial charge >= 0.3 is 0 Å². The van der Waals surface area contributed by atoms with Crippen LogP contribution in [-0.2, 0) is 18.3 Å². The van der Waals surface area contributed by atoms with Gasteiger partial charge in [-0.15, -0.1) is 0 Å². The van der Waals surface area contributed by atoms with Gasteiger partial charge in [-0.25, -0.2) is 4.98 Å². The van der Waals surface area contributed by atoms with Crippen LogP contribution in [0.15, 0.2) is 67.0 Å². The second-order valence-electron chi connectivity index (χ2n) is 6.30. The number of benzene rings is 2. The van der Waals surface area contributed by atoms with Crippen molar-refractivity contribution in [3.8, 4) is 0 Å². The van der Waals surface area contributed by atoms with Gasteiger partial charge in [-0.2, -0.15) is 0 Å². The molecule has 0 aliphatic carbocycles. The monoisotopic (exact) mass is 333 g/mol. The molecular formula is C21H23N3O. The minimum atomic E-state index is -0.247. The Labute approximate surface area is 148 Å². The van der Waals surface area contributed by atoms with Crippen LogP contribution < -0.4 is 5.32 Å². The summed E-state index contributed by atoms with van der Waals surface area (Å²) in [5, 5.41) is 3.15. The Morgan fingerprint density at radius 2 is 1.96 bits per heavy atom. The van der Waals surface area contributed by atoms with Crippen LogP contribution in [0.1, 0.15) is 35.0 Å². The number of nitrogens with one attached hydrogen (secondary N) is 1. The van der Waals surface area contributed by atoms with Gasteiger partial charge in [0.2, 0.25) is 5.91 Å². The molecule has 1 aromatic heterocycles. The number of aromatic nitrogens is 2. The second-order valence-corrected chi connectivity index (χ2v) is 6.30. The topological polar surface area (TPSA) is 46.9 Å². The lowest BCUT2D eigenvalue weighted by Crippen LogP contribution is -2.31. The average molecular weight is 333 g/mol. The molecule has 2 aromatic carbocycles. The molecule has 0 aliphatic rings. The molecular weight excluding hydrogens is 310 g/mol. The standard InChI is InChI=1S/C21H23N3O/c1-16-7-6-10-18(15-16)20(21-22-13-14-24(21)2)23-19(25)12-11-17-8-4-3-5-9-17/h3-10,13-15,20H,11-12H2,1-2H3,(H,23,25). The lowest BCUT2D eigenvalue weighted by Gasteiger charge is -2.19. The van der Waals surface area contributed by atoms with E-state index in [0.29, 0.717) is 6.42 Å². The van der Waals surface area contributed by atoms with E-state index in [2.05, 4.69) is 29.4 Å². The van der Waals surface area contributed by atoms with E-state index in [0.717, 1.165) is 23.4 Å². The molecule has 0 bridgehead atoms. The summed E-state index contributed by atoms with van der Waals surface area (Å²) in [6.45, 7) is 2.05. The van der Waals surface area contributed by atoms with Gasteiger partial charge in [0.15, 0.2) is 0 Å². The first-order valence-electron chi connectivity index (χ1n) is 8.50. The Morgan fingerprint density at radius 1 is 1.16 bits per heavy atom. The summed E-state index contributed by atoms with van der Waals surface area (Å²) >= 11 is 0. The number of hydrogen-bond donors (Lipinski definition) is 1. The van der Waals surface area contributed by atoms with E-state index >= 15 is 0 Å². The summed E-state index contributed by atoms with van der Waals surface area (Å²) < 4.78 is 1.95. The number of hydrogen-bond acceptors (Lipinski definition) is 2. The number of aryl methyl sites for hydroxylation is 3. The number of imidazole rings is 1. The van der Waals surface area contributed by atoms with Crippen molar-refractivity contribution in [2.45, 2.75) is 25.8 Å². The Morgan fingerprint density at radius 3 is 2.64 bits per heavy atom. The van der Waals surface area contributed by atoms with Crippen molar-refractivity contribution in [3.05, 3.63) is 89.5 Å². The minimum Gasteiger partial charge on any atom is -0.342 e. The van der Waals surface area contributed by atoms with E-state index in [-0.39, 0.29) is 11.9 Å². The third-order valence-corrected chi connectivity index (χ3v) is 4.28. The van der Waals surface area contributed by atoms with Crippen LogP contribution in [0.5, 0.6) is 0 Å². The average Bonchev–Trinajstić information content (AvgIpc) is 3.04. The van der Waals surface area contributed by atoms with Gasteiger partial charge in [0.1, 0.15) is 11.9 Å². The summed E-state index contributed by atoms with van der Waals surface area (Å²) in [4.78, 5) is 17.0. The van der Waals surface area contributed by atoms with Crippen molar-refractivity contribution in [1.82, 2.24) is 14.9 Å². The molecule has 1 amide bonds. The van der Waals surface area contributed by atoms with Gasteiger partial charge in [-0.3, -0.25) is 4.79 Å². The number of carbonyl (C=O) groups is 1. The Balaban J connectivity index is 1.76. The fourth-order valence-electron chi connectivity index (χ4n) is 2.94. The summed E-state index contributed by atoms with van der Waals surface area (Å²) in [7, 11) is 1.95. The van der Waals surface area contributed by atoms with Crippen molar-refractivity contribution < 1.29 is 4.79 Å². The first kappa shape index (κ1) is 17.0. The molecule has 3 rings (SSSR count). The fraction of sp³-hybridized carbons (Fsp3) is 0.238. The zero-order valence-electron chi connectivity index (χ0n) is 14.6. The summed E-state index contributed by atoms with van der Waals surface area (Å²) in [5.74, 6) is 0.858. The van der Waals surface area contributed by atoms with E-state index in [9.17, 15) is 4.79 Å². The third-order valence-electron chi connectivity index (χ3n) is 4.28. The van der Waals surface area contributed by atoms with Crippen LogP contribution >= 0.6 is 0 Å². The van der Waals surface area contributed by atoms with Gasteiger partial charge in [0.05, 0.1) is 0 Å². The molecule has 0 radical (unpaired) electrons. The molecule has 4 nitrogen and oxygen atoms in total. The highest BCUT2D eigenvalue weighted by atomic mass is 16.1. The van der Waals surface area contributed by atoms with E-state index in [1.807, 2.05) is 60.3 Å². The first-order chi connectivity index (χ1) is 12.1. The maximum Gasteiger partial charge on any atom is 0.221 e. The SMILES string of the molecule is Cc1cccc(C(NC(=O)CCc2ccccc2)c2nccn2C)c1. The second kappa shape index (κ2) is 7.79.